The molecule has 1 aromatic carbocycles. The molecule has 0 saturated carbocycles. The number of pyridine rings is 2. The fourth-order valence-electron chi connectivity index (χ4n) is 2.63. The Labute approximate surface area is 147 Å². The zero-order valence-electron chi connectivity index (χ0n) is 14.7. The Morgan fingerprint density at radius 3 is 2.80 bits per heavy atom. The number of carbonyl (C=O) groups excluding carboxylic acids is 1. The molecule has 3 rings (SSSR count). The molecule has 0 aliphatic rings. The van der Waals surface area contributed by atoms with Crippen LogP contribution in [-0.4, -0.2) is 35.5 Å². The van der Waals surface area contributed by atoms with Crippen LogP contribution in [-0.2, 0) is 0 Å². The first-order valence-corrected chi connectivity index (χ1v) is 8.35. The maximum Gasteiger partial charge on any atom is 0.252 e. The molecule has 5 nitrogen and oxygen atoms in total. The zero-order chi connectivity index (χ0) is 17.8. The molecule has 0 aliphatic carbocycles. The number of nitrogens with zero attached hydrogens (tertiary/aromatic N) is 2. The molecule has 0 spiro atoms. The van der Waals surface area contributed by atoms with Gasteiger partial charge in [0.2, 0.25) is 0 Å². The van der Waals surface area contributed by atoms with E-state index in [0.717, 1.165) is 27.7 Å². The van der Waals surface area contributed by atoms with Crippen molar-refractivity contribution in [3.63, 3.8) is 0 Å². The Bertz CT molecular complexity index is 893. The van der Waals surface area contributed by atoms with Gasteiger partial charge in [0.05, 0.1) is 16.8 Å². The fraction of sp³-hybridized carbons (Fsp3) is 0.250. The van der Waals surface area contributed by atoms with E-state index in [0.29, 0.717) is 12.1 Å². The van der Waals surface area contributed by atoms with Gasteiger partial charge in [-0.2, -0.15) is 0 Å². The van der Waals surface area contributed by atoms with E-state index in [2.05, 4.69) is 15.6 Å². The maximum absolute atomic E-state index is 12.8. The largest absolute Gasteiger partial charge is 0.350 e. The Balaban J connectivity index is 2.07. The van der Waals surface area contributed by atoms with Crippen LogP contribution >= 0.6 is 0 Å². The van der Waals surface area contributed by atoms with E-state index in [1.54, 1.807) is 12.4 Å². The summed E-state index contributed by atoms with van der Waals surface area (Å²) < 4.78 is 0. The minimum absolute atomic E-state index is 0.0924. The van der Waals surface area contributed by atoms with Crippen LogP contribution in [0.4, 0.5) is 0 Å². The molecule has 25 heavy (non-hydrogen) atoms. The molecule has 128 valence electrons. The number of hydrogen-bond acceptors (Lipinski definition) is 4. The van der Waals surface area contributed by atoms with Gasteiger partial charge in [-0.15, -0.1) is 0 Å². The van der Waals surface area contributed by atoms with E-state index in [1.165, 1.54) is 0 Å². The summed E-state index contributed by atoms with van der Waals surface area (Å²) in [4.78, 5) is 21.7. The summed E-state index contributed by atoms with van der Waals surface area (Å²) in [6.45, 7) is 4.60. The number of aryl methyl sites for hydroxylation is 1. The molecule has 2 heterocycles. The average molecular weight is 334 g/mol. The molecule has 5 heteroatoms. The third-order valence-corrected chi connectivity index (χ3v) is 4.23. The van der Waals surface area contributed by atoms with Crippen molar-refractivity contribution in [3.8, 4) is 11.3 Å². The first kappa shape index (κ1) is 17.0. The van der Waals surface area contributed by atoms with Crippen molar-refractivity contribution in [3.05, 3.63) is 59.9 Å². The number of likely N-dealkylation sites (N-methyl/N-ethyl adjacent to an activating group) is 1. The van der Waals surface area contributed by atoms with Gasteiger partial charge in [0.15, 0.2) is 0 Å². The SMILES string of the molecule is CNC(C)CNC(=O)c1cc(-c2cccnc2)nc2ccc(C)cc12. The van der Waals surface area contributed by atoms with Gasteiger partial charge in [0, 0.05) is 35.9 Å². The lowest BCUT2D eigenvalue weighted by Gasteiger charge is -2.14. The number of fused-ring (bicyclic) bond motifs is 1. The lowest BCUT2D eigenvalue weighted by atomic mass is 10.0. The smallest absolute Gasteiger partial charge is 0.252 e. The van der Waals surface area contributed by atoms with Crippen molar-refractivity contribution < 1.29 is 4.79 Å². The van der Waals surface area contributed by atoms with E-state index < -0.39 is 0 Å². The number of nitrogens with one attached hydrogen (secondary N) is 2. The molecule has 0 radical (unpaired) electrons. The predicted molar refractivity (Wildman–Crippen MR) is 101 cm³/mol. The number of rotatable bonds is 5. The molecule has 2 N–H and O–H groups in total. The van der Waals surface area contributed by atoms with Crippen LogP contribution in [0.3, 0.4) is 0 Å². The van der Waals surface area contributed by atoms with E-state index in [4.69, 9.17) is 4.98 Å². The summed E-state index contributed by atoms with van der Waals surface area (Å²) in [6.07, 6.45) is 3.48. The van der Waals surface area contributed by atoms with Crippen molar-refractivity contribution in [1.29, 1.82) is 0 Å². The van der Waals surface area contributed by atoms with Gasteiger partial charge in [0.25, 0.3) is 5.91 Å². The molecule has 0 bridgehead atoms. The topological polar surface area (TPSA) is 66.9 Å². The van der Waals surface area contributed by atoms with E-state index >= 15 is 0 Å². The lowest BCUT2D eigenvalue weighted by molar-refractivity contribution is 0.0952. The number of carbonyl (C=O) groups is 1. The molecule has 1 atom stereocenters. The van der Waals surface area contributed by atoms with Crippen LogP contribution < -0.4 is 10.6 Å². The normalized spacial score (nSPS) is 12.1. The van der Waals surface area contributed by atoms with Crippen LogP contribution in [0.25, 0.3) is 22.2 Å². The highest BCUT2D eigenvalue weighted by atomic mass is 16.1. The van der Waals surface area contributed by atoms with Gasteiger partial charge < -0.3 is 10.6 Å². The minimum Gasteiger partial charge on any atom is -0.350 e. The predicted octanol–water partition coefficient (Wildman–Crippen LogP) is 2.94. The van der Waals surface area contributed by atoms with Crippen molar-refractivity contribution >= 4 is 16.8 Å². The van der Waals surface area contributed by atoms with E-state index in [-0.39, 0.29) is 11.9 Å². The second kappa shape index (κ2) is 7.40. The number of aromatic nitrogens is 2. The van der Waals surface area contributed by atoms with Crippen LogP contribution in [0.15, 0.2) is 48.8 Å². The summed E-state index contributed by atoms with van der Waals surface area (Å²) in [5.41, 5.74) is 4.18. The highest BCUT2D eigenvalue weighted by Gasteiger charge is 2.15. The van der Waals surface area contributed by atoms with Crippen molar-refractivity contribution in [2.75, 3.05) is 13.6 Å². The highest BCUT2D eigenvalue weighted by molar-refractivity contribution is 6.07. The van der Waals surface area contributed by atoms with Gasteiger partial charge in [-0.3, -0.25) is 9.78 Å². The van der Waals surface area contributed by atoms with Gasteiger partial charge in [-0.05, 0) is 51.2 Å². The number of amides is 1. The second-order valence-corrected chi connectivity index (χ2v) is 6.22. The maximum atomic E-state index is 12.8. The summed E-state index contributed by atoms with van der Waals surface area (Å²) in [5, 5.41) is 6.98. The average Bonchev–Trinajstić information content (AvgIpc) is 2.65. The summed E-state index contributed by atoms with van der Waals surface area (Å²) in [7, 11) is 1.88. The third kappa shape index (κ3) is 3.83. The molecule has 0 aliphatic heterocycles. The van der Waals surface area contributed by atoms with Crippen LogP contribution in [0, 0.1) is 6.92 Å². The zero-order valence-corrected chi connectivity index (χ0v) is 14.7. The van der Waals surface area contributed by atoms with Crippen molar-refractivity contribution in [2.24, 2.45) is 0 Å². The Hall–Kier alpha value is -2.79. The third-order valence-electron chi connectivity index (χ3n) is 4.23. The molecule has 3 aromatic rings. The first-order chi connectivity index (χ1) is 12.1. The standard InChI is InChI=1S/C20H22N4O/c1-13-6-7-18-16(9-13)17(20(25)23-11-14(2)21-3)10-19(24-18)15-5-4-8-22-12-15/h4-10,12,14,21H,11H2,1-3H3,(H,23,25). The summed E-state index contributed by atoms with van der Waals surface area (Å²) in [5.74, 6) is -0.0924. The molecule has 0 saturated heterocycles. The van der Waals surface area contributed by atoms with Gasteiger partial charge in [-0.25, -0.2) is 4.98 Å². The molecule has 0 fully saturated rings. The summed E-state index contributed by atoms with van der Waals surface area (Å²) >= 11 is 0. The molecule has 1 unspecified atom stereocenters. The quantitative estimate of drug-likeness (QED) is 0.753. The highest BCUT2D eigenvalue weighted by Crippen LogP contribution is 2.25. The summed E-state index contributed by atoms with van der Waals surface area (Å²) in [6, 6.07) is 11.8. The van der Waals surface area contributed by atoms with Crippen LogP contribution in [0.5, 0.6) is 0 Å². The molecule has 1 amide bonds. The lowest BCUT2D eigenvalue weighted by Crippen LogP contribution is -2.37. The van der Waals surface area contributed by atoms with Gasteiger partial charge in [0.1, 0.15) is 0 Å². The fourth-order valence-corrected chi connectivity index (χ4v) is 2.63. The molecule has 2 aromatic heterocycles. The first-order valence-electron chi connectivity index (χ1n) is 8.35. The van der Waals surface area contributed by atoms with Gasteiger partial charge in [-0.1, -0.05) is 11.6 Å². The monoisotopic (exact) mass is 334 g/mol. The van der Waals surface area contributed by atoms with Crippen molar-refractivity contribution in [2.45, 2.75) is 19.9 Å². The number of benzene rings is 1. The Morgan fingerprint density at radius 1 is 1.24 bits per heavy atom. The van der Waals surface area contributed by atoms with Crippen molar-refractivity contribution in [1.82, 2.24) is 20.6 Å². The second-order valence-electron chi connectivity index (χ2n) is 6.22. The minimum atomic E-state index is -0.0924. The Kier molecular flexibility index (Phi) is 5.05. The van der Waals surface area contributed by atoms with Gasteiger partial charge >= 0.3 is 0 Å². The molecular weight excluding hydrogens is 312 g/mol. The molecular formula is C20H22N4O. The van der Waals surface area contributed by atoms with Crippen LogP contribution in [0.1, 0.15) is 22.8 Å². The van der Waals surface area contributed by atoms with E-state index in [1.807, 2.05) is 57.3 Å². The van der Waals surface area contributed by atoms with Crippen LogP contribution in [0.2, 0.25) is 0 Å². The van der Waals surface area contributed by atoms with E-state index in [9.17, 15) is 4.79 Å². The number of hydrogen-bond donors (Lipinski definition) is 2. The Morgan fingerprint density at radius 2 is 2.08 bits per heavy atom.